The van der Waals surface area contributed by atoms with Crippen LogP contribution in [-0.4, -0.2) is 17.1 Å². The van der Waals surface area contributed by atoms with Crippen LogP contribution in [0.15, 0.2) is 30.3 Å². The molecule has 2 aromatic rings. The Kier molecular flexibility index (Phi) is 4.75. The van der Waals surface area contributed by atoms with Gasteiger partial charge >= 0.3 is 0 Å². The molecule has 110 valence electrons. The summed E-state index contributed by atoms with van der Waals surface area (Å²) in [5.41, 5.74) is 8.28. The molecular weight excluding hydrogens is 284 g/mol. The van der Waals surface area contributed by atoms with Crippen LogP contribution in [0.4, 0.5) is 0 Å². The molecule has 0 bridgehead atoms. The van der Waals surface area contributed by atoms with Gasteiger partial charge in [-0.15, -0.1) is 0 Å². The minimum Gasteiger partial charge on any atom is -0.497 e. The zero-order valence-electron chi connectivity index (χ0n) is 12.3. The minimum atomic E-state index is 0.283. The highest BCUT2D eigenvalue weighted by atomic mass is 32.1. The number of nitrogens with two attached hydrogens (primary N) is 1. The Bertz CT molecular complexity index is 671. The summed E-state index contributed by atoms with van der Waals surface area (Å²) in [5, 5.41) is 0. The van der Waals surface area contributed by atoms with Crippen LogP contribution in [0.25, 0.3) is 0 Å². The molecule has 4 nitrogen and oxygen atoms in total. The van der Waals surface area contributed by atoms with Crippen LogP contribution in [0.2, 0.25) is 0 Å². The lowest BCUT2D eigenvalue weighted by Crippen LogP contribution is -2.11. The average molecular weight is 302 g/mol. The van der Waals surface area contributed by atoms with Crippen molar-refractivity contribution in [1.29, 1.82) is 0 Å². The van der Waals surface area contributed by atoms with Gasteiger partial charge in [-0.3, -0.25) is 4.98 Å². The molecule has 5 heteroatoms. The van der Waals surface area contributed by atoms with Crippen molar-refractivity contribution in [1.82, 2.24) is 4.98 Å². The summed E-state index contributed by atoms with van der Waals surface area (Å²) in [4.78, 5) is 4.77. The van der Waals surface area contributed by atoms with Crippen LogP contribution in [0, 0.1) is 6.92 Å². The number of aromatic nitrogens is 1. The van der Waals surface area contributed by atoms with E-state index in [0.717, 1.165) is 17.8 Å². The van der Waals surface area contributed by atoms with Crippen LogP contribution >= 0.6 is 12.2 Å². The second-order valence-corrected chi connectivity index (χ2v) is 5.02. The Morgan fingerprint density at radius 2 is 2.00 bits per heavy atom. The molecule has 2 N–H and O–H groups in total. The molecule has 1 heterocycles. The van der Waals surface area contributed by atoms with Crippen LogP contribution in [-0.2, 0) is 6.42 Å². The SMILES string of the molecule is CCc1nc(C)ccc1Oc1cc(OC)ccc1C(N)=S. The standard InChI is InChI=1S/C16H18N2O2S/c1-4-13-14(8-5-10(2)18-13)20-15-9-11(19-3)6-7-12(15)16(17)21/h5-9H,4H2,1-3H3,(H2,17,21). The zero-order valence-corrected chi connectivity index (χ0v) is 13.2. The maximum absolute atomic E-state index is 5.98. The lowest BCUT2D eigenvalue weighted by Gasteiger charge is -2.14. The van der Waals surface area contributed by atoms with Gasteiger partial charge in [0.1, 0.15) is 22.2 Å². The number of hydrogen-bond donors (Lipinski definition) is 1. The molecule has 0 atom stereocenters. The van der Waals surface area contributed by atoms with Crippen molar-refractivity contribution in [3.8, 4) is 17.2 Å². The van der Waals surface area contributed by atoms with Gasteiger partial charge in [-0.2, -0.15) is 0 Å². The summed E-state index contributed by atoms with van der Waals surface area (Å²) in [5.74, 6) is 1.96. The number of hydrogen-bond acceptors (Lipinski definition) is 4. The molecule has 0 saturated heterocycles. The number of ether oxygens (including phenoxy) is 2. The molecule has 0 unspecified atom stereocenters. The van der Waals surface area contributed by atoms with Crippen molar-refractivity contribution < 1.29 is 9.47 Å². The van der Waals surface area contributed by atoms with Gasteiger partial charge in [-0.1, -0.05) is 19.1 Å². The Morgan fingerprint density at radius 3 is 2.62 bits per heavy atom. The quantitative estimate of drug-likeness (QED) is 0.858. The molecule has 21 heavy (non-hydrogen) atoms. The lowest BCUT2D eigenvalue weighted by atomic mass is 10.2. The topological polar surface area (TPSA) is 57.4 Å². The van der Waals surface area contributed by atoms with Crippen molar-refractivity contribution in [2.45, 2.75) is 20.3 Å². The third-order valence-corrected chi connectivity index (χ3v) is 3.30. The smallest absolute Gasteiger partial charge is 0.148 e. The molecule has 0 spiro atoms. The number of aryl methyl sites for hydroxylation is 2. The predicted octanol–water partition coefficient (Wildman–Crippen LogP) is 3.39. The molecule has 0 fully saturated rings. The van der Waals surface area contributed by atoms with E-state index in [1.165, 1.54) is 0 Å². The largest absolute Gasteiger partial charge is 0.497 e. The van der Waals surface area contributed by atoms with Crippen molar-refractivity contribution in [3.63, 3.8) is 0 Å². The van der Waals surface area contributed by atoms with E-state index in [9.17, 15) is 0 Å². The fourth-order valence-electron chi connectivity index (χ4n) is 1.98. The Balaban J connectivity index is 2.45. The first-order chi connectivity index (χ1) is 10.0. The van der Waals surface area contributed by atoms with E-state index < -0.39 is 0 Å². The van der Waals surface area contributed by atoms with Gasteiger partial charge in [0, 0.05) is 11.8 Å². The van der Waals surface area contributed by atoms with Crippen molar-refractivity contribution in [3.05, 3.63) is 47.3 Å². The minimum absolute atomic E-state index is 0.283. The third kappa shape index (κ3) is 3.49. The van der Waals surface area contributed by atoms with E-state index in [-0.39, 0.29) is 4.99 Å². The highest BCUT2D eigenvalue weighted by molar-refractivity contribution is 7.80. The highest BCUT2D eigenvalue weighted by Gasteiger charge is 2.12. The number of pyridine rings is 1. The van der Waals surface area contributed by atoms with Crippen LogP contribution < -0.4 is 15.2 Å². The Morgan fingerprint density at radius 1 is 1.24 bits per heavy atom. The highest BCUT2D eigenvalue weighted by Crippen LogP contribution is 2.31. The average Bonchev–Trinajstić information content (AvgIpc) is 2.48. The summed E-state index contributed by atoms with van der Waals surface area (Å²) >= 11 is 5.07. The summed E-state index contributed by atoms with van der Waals surface area (Å²) in [7, 11) is 1.60. The first-order valence-corrected chi connectivity index (χ1v) is 7.08. The molecule has 1 aromatic carbocycles. The van der Waals surface area contributed by atoms with Gasteiger partial charge in [0.15, 0.2) is 0 Å². The maximum atomic E-state index is 5.98. The predicted molar refractivity (Wildman–Crippen MR) is 87.3 cm³/mol. The monoisotopic (exact) mass is 302 g/mol. The van der Waals surface area contributed by atoms with Gasteiger partial charge in [0.25, 0.3) is 0 Å². The van der Waals surface area contributed by atoms with Crippen molar-refractivity contribution in [2.24, 2.45) is 5.73 Å². The van der Waals surface area contributed by atoms with E-state index in [4.69, 9.17) is 27.4 Å². The van der Waals surface area contributed by atoms with E-state index in [0.29, 0.717) is 22.8 Å². The van der Waals surface area contributed by atoms with Gasteiger partial charge in [0.2, 0.25) is 0 Å². The van der Waals surface area contributed by atoms with Crippen LogP contribution in [0.3, 0.4) is 0 Å². The molecule has 0 amide bonds. The van der Waals surface area contributed by atoms with E-state index in [1.807, 2.05) is 26.0 Å². The first-order valence-electron chi connectivity index (χ1n) is 6.67. The molecule has 0 aliphatic heterocycles. The van der Waals surface area contributed by atoms with Crippen LogP contribution in [0.5, 0.6) is 17.2 Å². The molecule has 0 saturated carbocycles. The number of methoxy groups -OCH3 is 1. The van der Waals surface area contributed by atoms with Crippen molar-refractivity contribution in [2.75, 3.05) is 7.11 Å². The summed E-state index contributed by atoms with van der Waals surface area (Å²) in [6, 6.07) is 9.19. The lowest BCUT2D eigenvalue weighted by molar-refractivity contribution is 0.408. The normalized spacial score (nSPS) is 10.2. The number of rotatable bonds is 5. The van der Waals surface area contributed by atoms with Gasteiger partial charge in [-0.25, -0.2) is 0 Å². The van der Waals surface area contributed by atoms with E-state index in [1.54, 1.807) is 25.3 Å². The van der Waals surface area contributed by atoms with Crippen LogP contribution in [0.1, 0.15) is 23.9 Å². The number of thiocarbonyl (C=S) groups is 1. The van der Waals surface area contributed by atoms with Gasteiger partial charge < -0.3 is 15.2 Å². The second-order valence-electron chi connectivity index (χ2n) is 4.58. The third-order valence-electron chi connectivity index (χ3n) is 3.08. The summed E-state index contributed by atoms with van der Waals surface area (Å²) < 4.78 is 11.2. The van der Waals surface area contributed by atoms with E-state index >= 15 is 0 Å². The Labute approximate surface area is 129 Å². The fourth-order valence-corrected chi connectivity index (χ4v) is 2.15. The molecule has 2 rings (SSSR count). The molecule has 0 aliphatic carbocycles. The van der Waals surface area contributed by atoms with Crippen molar-refractivity contribution >= 4 is 17.2 Å². The number of nitrogens with zero attached hydrogens (tertiary/aromatic N) is 1. The Hall–Kier alpha value is -2.14. The van der Waals surface area contributed by atoms with Gasteiger partial charge in [-0.05, 0) is 37.6 Å². The molecular formula is C16H18N2O2S. The first kappa shape index (κ1) is 15.3. The molecule has 1 aromatic heterocycles. The fraction of sp³-hybridized carbons (Fsp3) is 0.250. The number of benzene rings is 1. The van der Waals surface area contributed by atoms with E-state index in [2.05, 4.69) is 4.98 Å². The zero-order chi connectivity index (χ0) is 15.4. The molecule has 0 aliphatic rings. The second kappa shape index (κ2) is 6.54. The summed E-state index contributed by atoms with van der Waals surface area (Å²) in [6.45, 7) is 3.99. The molecule has 0 radical (unpaired) electrons. The van der Waals surface area contributed by atoms with Gasteiger partial charge in [0.05, 0.1) is 18.4 Å². The summed E-state index contributed by atoms with van der Waals surface area (Å²) in [6.07, 6.45) is 0.781. The maximum Gasteiger partial charge on any atom is 0.148 e.